The molecule has 0 bridgehead atoms. The van der Waals surface area contributed by atoms with Crippen LogP contribution in [0.5, 0.6) is 11.5 Å². The van der Waals surface area contributed by atoms with Crippen LogP contribution >= 0.6 is 0 Å². The molecule has 2 aromatic carbocycles. The predicted octanol–water partition coefficient (Wildman–Crippen LogP) is 4.20. The van der Waals surface area contributed by atoms with Crippen molar-refractivity contribution in [3.8, 4) is 22.8 Å². The van der Waals surface area contributed by atoms with Crippen molar-refractivity contribution in [3.05, 3.63) is 53.9 Å². The number of hydrogen-bond acceptors (Lipinski definition) is 5. The van der Waals surface area contributed by atoms with Gasteiger partial charge >= 0.3 is 0 Å². The number of ether oxygens (including phenoxy) is 3. The van der Waals surface area contributed by atoms with E-state index >= 15 is 0 Å². The molecule has 4 rings (SSSR count). The van der Waals surface area contributed by atoms with E-state index in [2.05, 4.69) is 0 Å². The van der Waals surface area contributed by atoms with Gasteiger partial charge in [0.15, 0.2) is 0 Å². The number of fused-ring (bicyclic) bond motifs is 1. The van der Waals surface area contributed by atoms with E-state index in [9.17, 15) is 0 Å². The lowest BCUT2D eigenvalue weighted by Crippen LogP contribution is -2.13. The Morgan fingerprint density at radius 2 is 1.78 bits per heavy atom. The summed E-state index contributed by atoms with van der Waals surface area (Å²) in [5.41, 5.74) is 1.75. The van der Waals surface area contributed by atoms with Crippen molar-refractivity contribution in [2.45, 2.75) is 18.9 Å². The summed E-state index contributed by atoms with van der Waals surface area (Å²) in [6, 6.07) is 15.6. The van der Waals surface area contributed by atoms with E-state index in [1.807, 2.05) is 48.5 Å². The Kier molecular flexibility index (Phi) is 5.12. The molecule has 0 radical (unpaired) electrons. The summed E-state index contributed by atoms with van der Waals surface area (Å²) in [5.74, 6) is 2.36. The van der Waals surface area contributed by atoms with Crippen LogP contribution in [-0.2, 0) is 4.74 Å². The number of rotatable bonds is 5. The number of methoxy groups -OCH3 is 2. The molecule has 140 valence electrons. The van der Waals surface area contributed by atoms with Crippen LogP contribution in [0.2, 0.25) is 0 Å². The molecule has 1 unspecified atom stereocenters. The first kappa shape index (κ1) is 17.6. The summed E-state index contributed by atoms with van der Waals surface area (Å²) in [5, 5.41) is 1.82. The normalized spacial score (nSPS) is 17.4. The third-order valence-corrected chi connectivity index (χ3v) is 4.81. The molecule has 1 aliphatic heterocycles. The average Bonchev–Trinajstić information content (AvgIpc) is 3.25. The fraction of sp³-hybridized carbons (Fsp3) is 0.318. The first-order valence-corrected chi connectivity index (χ1v) is 9.15. The second-order valence-electron chi connectivity index (χ2n) is 6.56. The highest BCUT2D eigenvalue weighted by molar-refractivity contribution is 5.80. The molecule has 5 nitrogen and oxygen atoms in total. The molecule has 2 heterocycles. The van der Waals surface area contributed by atoms with Crippen molar-refractivity contribution in [2.24, 2.45) is 4.99 Å². The van der Waals surface area contributed by atoms with Crippen LogP contribution in [0.15, 0.2) is 57.9 Å². The topological polar surface area (TPSA) is 53.2 Å². The lowest BCUT2D eigenvalue weighted by Gasteiger charge is -2.09. The fourth-order valence-corrected chi connectivity index (χ4v) is 3.29. The van der Waals surface area contributed by atoms with Crippen LogP contribution in [0.25, 0.3) is 22.3 Å². The van der Waals surface area contributed by atoms with Gasteiger partial charge in [0.05, 0.1) is 32.2 Å². The quantitative estimate of drug-likeness (QED) is 0.680. The minimum atomic E-state index is 0.201. The van der Waals surface area contributed by atoms with Gasteiger partial charge in [0.2, 0.25) is 0 Å². The Bertz CT molecular complexity index is 985. The van der Waals surface area contributed by atoms with Crippen LogP contribution in [0, 0.1) is 0 Å². The number of hydrogen-bond donors (Lipinski definition) is 0. The maximum Gasteiger partial charge on any atom is 0.137 e. The second-order valence-corrected chi connectivity index (χ2v) is 6.56. The molecule has 0 amide bonds. The number of benzene rings is 2. The molecule has 0 spiro atoms. The zero-order valence-electron chi connectivity index (χ0n) is 15.6. The largest absolute Gasteiger partial charge is 0.497 e. The Labute approximate surface area is 158 Å². The molecule has 1 saturated heterocycles. The van der Waals surface area contributed by atoms with Gasteiger partial charge in [-0.05, 0) is 55.3 Å². The van der Waals surface area contributed by atoms with E-state index in [0.717, 1.165) is 58.6 Å². The van der Waals surface area contributed by atoms with Gasteiger partial charge in [-0.25, -0.2) is 0 Å². The summed E-state index contributed by atoms with van der Waals surface area (Å²) in [7, 11) is 3.32. The smallest absolute Gasteiger partial charge is 0.137 e. The molecule has 0 aliphatic carbocycles. The Morgan fingerprint density at radius 1 is 1.00 bits per heavy atom. The lowest BCUT2D eigenvalue weighted by molar-refractivity contribution is 0.117. The van der Waals surface area contributed by atoms with Crippen molar-refractivity contribution >= 4 is 11.0 Å². The van der Waals surface area contributed by atoms with Crippen LogP contribution in [0.4, 0.5) is 0 Å². The SMILES string of the molecule is COc1ccc(-c2cc(=NCC3CCCO3)c3cc(OC)ccc3o2)cc1. The van der Waals surface area contributed by atoms with Crippen molar-refractivity contribution in [1.82, 2.24) is 0 Å². The van der Waals surface area contributed by atoms with E-state index in [1.165, 1.54) is 0 Å². The van der Waals surface area contributed by atoms with E-state index in [-0.39, 0.29) is 6.10 Å². The standard InChI is InChI=1S/C22H23NO4/c1-24-16-7-5-15(6-8-16)22-13-20(23-14-18-4-3-11-26-18)19-12-17(25-2)9-10-21(19)27-22/h5-10,12-13,18H,3-4,11,14H2,1-2H3. The summed E-state index contributed by atoms with van der Waals surface area (Å²) in [6.45, 7) is 1.48. The third-order valence-electron chi connectivity index (χ3n) is 4.81. The molecule has 27 heavy (non-hydrogen) atoms. The first-order chi connectivity index (χ1) is 13.3. The van der Waals surface area contributed by atoms with E-state index in [4.69, 9.17) is 23.6 Å². The predicted molar refractivity (Wildman–Crippen MR) is 104 cm³/mol. The molecule has 1 aromatic heterocycles. The molecule has 3 aromatic rings. The van der Waals surface area contributed by atoms with Gasteiger partial charge < -0.3 is 18.6 Å². The maximum absolute atomic E-state index is 6.15. The van der Waals surface area contributed by atoms with Crippen LogP contribution in [-0.4, -0.2) is 33.5 Å². The summed E-state index contributed by atoms with van der Waals surface area (Å²) in [6.07, 6.45) is 2.37. The van der Waals surface area contributed by atoms with Gasteiger partial charge in [-0.2, -0.15) is 0 Å². The first-order valence-electron chi connectivity index (χ1n) is 9.15. The molecular weight excluding hydrogens is 342 g/mol. The fourth-order valence-electron chi connectivity index (χ4n) is 3.29. The van der Waals surface area contributed by atoms with Gasteiger partial charge in [0, 0.05) is 23.6 Å². The van der Waals surface area contributed by atoms with Crippen LogP contribution in [0.3, 0.4) is 0 Å². The van der Waals surface area contributed by atoms with Crippen LogP contribution in [0.1, 0.15) is 12.8 Å². The van der Waals surface area contributed by atoms with E-state index in [1.54, 1.807) is 14.2 Å². The zero-order chi connectivity index (χ0) is 18.6. The van der Waals surface area contributed by atoms with E-state index in [0.29, 0.717) is 6.54 Å². The van der Waals surface area contributed by atoms with Gasteiger partial charge in [-0.1, -0.05) is 0 Å². The molecular formula is C22H23NO4. The molecule has 0 saturated carbocycles. The Morgan fingerprint density at radius 3 is 2.48 bits per heavy atom. The molecule has 0 N–H and O–H groups in total. The van der Waals surface area contributed by atoms with Gasteiger partial charge in [0.1, 0.15) is 22.8 Å². The van der Waals surface area contributed by atoms with E-state index < -0.39 is 0 Å². The summed E-state index contributed by atoms with van der Waals surface area (Å²) in [4.78, 5) is 4.85. The van der Waals surface area contributed by atoms with Gasteiger partial charge in [-0.15, -0.1) is 0 Å². The third kappa shape index (κ3) is 3.83. The van der Waals surface area contributed by atoms with Crippen molar-refractivity contribution in [1.29, 1.82) is 0 Å². The average molecular weight is 365 g/mol. The van der Waals surface area contributed by atoms with Gasteiger partial charge in [-0.3, -0.25) is 4.99 Å². The highest BCUT2D eigenvalue weighted by Gasteiger charge is 2.15. The highest BCUT2D eigenvalue weighted by atomic mass is 16.5. The maximum atomic E-state index is 6.15. The van der Waals surface area contributed by atoms with Crippen molar-refractivity contribution < 1.29 is 18.6 Å². The molecule has 1 fully saturated rings. The van der Waals surface area contributed by atoms with Gasteiger partial charge in [0.25, 0.3) is 0 Å². The number of nitrogens with zero attached hydrogens (tertiary/aromatic N) is 1. The zero-order valence-corrected chi connectivity index (χ0v) is 15.6. The molecule has 5 heteroatoms. The van der Waals surface area contributed by atoms with Crippen molar-refractivity contribution in [2.75, 3.05) is 27.4 Å². The Balaban J connectivity index is 1.81. The molecule has 1 aliphatic rings. The van der Waals surface area contributed by atoms with Crippen molar-refractivity contribution in [3.63, 3.8) is 0 Å². The Hall–Kier alpha value is -2.79. The van der Waals surface area contributed by atoms with Crippen LogP contribution < -0.4 is 14.8 Å². The minimum Gasteiger partial charge on any atom is -0.497 e. The second kappa shape index (κ2) is 7.84. The summed E-state index contributed by atoms with van der Waals surface area (Å²) < 4.78 is 22.5. The molecule has 1 atom stereocenters. The lowest BCUT2D eigenvalue weighted by atomic mass is 10.1. The monoisotopic (exact) mass is 365 g/mol. The summed E-state index contributed by atoms with van der Waals surface area (Å²) >= 11 is 0. The minimum absolute atomic E-state index is 0.201. The highest BCUT2D eigenvalue weighted by Crippen LogP contribution is 2.26.